The van der Waals surface area contributed by atoms with Crippen LogP contribution in [-0.4, -0.2) is 48.2 Å². The molecule has 0 aliphatic carbocycles. The number of hydrogen-bond acceptors (Lipinski definition) is 3. The van der Waals surface area contributed by atoms with Crippen LogP contribution in [0.2, 0.25) is 0 Å². The number of carbonyl (C=O) groups is 2. The highest BCUT2D eigenvalue weighted by molar-refractivity contribution is 5.79. The van der Waals surface area contributed by atoms with Crippen molar-refractivity contribution in [1.29, 1.82) is 0 Å². The Labute approximate surface area is 101 Å². The van der Waals surface area contributed by atoms with Crippen molar-refractivity contribution in [2.24, 2.45) is 11.3 Å². The van der Waals surface area contributed by atoms with Crippen molar-refractivity contribution in [1.82, 2.24) is 4.90 Å². The molecule has 1 amide bonds. The molecule has 0 saturated carbocycles. The minimum atomic E-state index is -0.756. The Hall–Kier alpha value is -1.10. The van der Waals surface area contributed by atoms with Crippen LogP contribution in [0.3, 0.4) is 0 Å². The van der Waals surface area contributed by atoms with Crippen molar-refractivity contribution >= 4 is 11.9 Å². The fourth-order valence-electron chi connectivity index (χ4n) is 3.03. The second kappa shape index (κ2) is 4.64. The third-order valence-electron chi connectivity index (χ3n) is 4.17. The molecule has 1 N–H and O–H groups in total. The van der Waals surface area contributed by atoms with Gasteiger partial charge in [-0.25, -0.2) is 0 Å². The number of carbonyl (C=O) groups excluding carboxylic acids is 1. The van der Waals surface area contributed by atoms with E-state index in [1.54, 1.807) is 4.90 Å². The quantitative estimate of drug-likeness (QED) is 0.774. The summed E-state index contributed by atoms with van der Waals surface area (Å²) in [5, 5.41) is 9.54. The van der Waals surface area contributed by atoms with Gasteiger partial charge in [0.05, 0.1) is 5.41 Å². The summed E-state index contributed by atoms with van der Waals surface area (Å²) in [6.07, 6.45) is 2.16. The number of carboxylic acid groups (broad SMARTS) is 1. The summed E-state index contributed by atoms with van der Waals surface area (Å²) in [5.41, 5.74) is -0.741. The van der Waals surface area contributed by atoms with Crippen molar-refractivity contribution in [2.45, 2.75) is 26.2 Å². The van der Waals surface area contributed by atoms with Gasteiger partial charge in [0, 0.05) is 33.2 Å². The highest BCUT2D eigenvalue weighted by Gasteiger charge is 2.51. The molecule has 5 nitrogen and oxygen atoms in total. The van der Waals surface area contributed by atoms with Crippen molar-refractivity contribution in [2.75, 3.05) is 26.3 Å². The first-order chi connectivity index (χ1) is 8.06. The van der Waals surface area contributed by atoms with Crippen LogP contribution in [0.1, 0.15) is 26.2 Å². The maximum absolute atomic E-state index is 11.6. The van der Waals surface area contributed by atoms with Crippen LogP contribution in [0, 0.1) is 11.3 Å². The predicted octanol–water partition coefficient (Wildman–Crippen LogP) is 0.736. The average Bonchev–Trinajstić information content (AvgIpc) is 2.76. The monoisotopic (exact) mass is 241 g/mol. The minimum Gasteiger partial charge on any atom is -0.481 e. The van der Waals surface area contributed by atoms with Gasteiger partial charge in [-0.2, -0.15) is 0 Å². The van der Waals surface area contributed by atoms with Gasteiger partial charge in [0.25, 0.3) is 0 Å². The first-order valence-corrected chi connectivity index (χ1v) is 6.13. The third-order valence-corrected chi connectivity index (χ3v) is 4.17. The zero-order valence-electron chi connectivity index (χ0n) is 10.1. The number of ether oxygens (including phenoxy) is 1. The summed E-state index contributed by atoms with van der Waals surface area (Å²) in [6, 6.07) is 0. The molecule has 1 unspecified atom stereocenters. The lowest BCUT2D eigenvalue weighted by Crippen LogP contribution is -2.44. The number of likely N-dealkylation sites (tertiary alicyclic amines) is 1. The lowest BCUT2D eigenvalue weighted by Gasteiger charge is -2.36. The fourth-order valence-corrected chi connectivity index (χ4v) is 3.03. The number of hydrogen-bond donors (Lipinski definition) is 1. The van der Waals surface area contributed by atoms with Gasteiger partial charge in [-0.15, -0.1) is 0 Å². The van der Waals surface area contributed by atoms with Gasteiger partial charge in [0.2, 0.25) is 5.91 Å². The third kappa shape index (κ3) is 2.16. The summed E-state index contributed by atoms with van der Waals surface area (Å²) < 4.78 is 5.28. The molecule has 17 heavy (non-hydrogen) atoms. The molecule has 0 aromatic rings. The van der Waals surface area contributed by atoms with Crippen LogP contribution in [0.25, 0.3) is 0 Å². The Balaban J connectivity index is 2.16. The Bertz CT molecular complexity index is 324. The SMILES string of the molecule is CC(=O)N1CCC(C(=O)O)(C2CCOCC2)C1. The van der Waals surface area contributed by atoms with Crippen LogP contribution >= 0.6 is 0 Å². The summed E-state index contributed by atoms with van der Waals surface area (Å²) >= 11 is 0. The van der Waals surface area contributed by atoms with Gasteiger partial charge in [0.15, 0.2) is 0 Å². The van der Waals surface area contributed by atoms with Crippen molar-refractivity contribution in [3.8, 4) is 0 Å². The zero-order chi connectivity index (χ0) is 12.5. The Morgan fingerprint density at radius 1 is 1.35 bits per heavy atom. The molecule has 96 valence electrons. The maximum atomic E-state index is 11.6. The number of aliphatic carboxylic acids is 1. The Morgan fingerprint density at radius 2 is 2.00 bits per heavy atom. The molecule has 5 heteroatoms. The first-order valence-electron chi connectivity index (χ1n) is 6.13. The van der Waals surface area contributed by atoms with E-state index in [2.05, 4.69) is 0 Å². The lowest BCUT2D eigenvalue weighted by atomic mass is 9.71. The molecule has 2 saturated heterocycles. The molecule has 1 atom stereocenters. The molecule has 2 aliphatic rings. The molecule has 0 aromatic heterocycles. The molecule has 2 rings (SSSR count). The van der Waals surface area contributed by atoms with E-state index in [-0.39, 0.29) is 11.8 Å². The van der Waals surface area contributed by atoms with Crippen molar-refractivity contribution in [3.05, 3.63) is 0 Å². The standard InChI is InChI=1S/C12H19NO4/c1-9(14)13-5-4-12(8-13,11(15)16)10-2-6-17-7-3-10/h10H,2-8H2,1H3,(H,15,16). The summed E-state index contributed by atoms with van der Waals surface area (Å²) in [5.74, 6) is -0.647. The zero-order valence-corrected chi connectivity index (χ0v) is 10.1. The smallest absolute Gasteiger partial charge is 0.311 e. The molecule has 0 spiro atoms. The van der Waals surface area contributed by atoms with Crippen LogP contribution in [0.5, 0.6) is 0 Å². The molecular weight excluding hydrogens is 222 g/mol. The molecule has 0 radical (unpaired) electrons. The lowest BCUT2D eigenvalue weighted by molar-refractivity contribution is -0.154. The topological polar surface area (TPSA) is 66.8 Å². The Kier molecular flexibility index (Phi) is 3.38. The summed E-state index contributed by atoms with van der Waals surface area (Å²) in [4.78, 5) is 24.6. The van der Waals surface area contributed by atoms with Gasteiger partial charge in [-0.1, -0.05) is 0 Å². The van der Waals surface area contributed by atoms with Crippen LogP contribution in [-0.2, 0) is 14.3 Å². The van der Waals surface area contributed by atoms with E-state index in [1.807, 2.05) is 0 Å². The number of nitrogens with zero attached hydrogens (tertiary/aromatic N) is 1. The summed E-state index contributed by atoms with van der Waals surface area (Å²) in [7, 11) is 0. The predicted molar refractivity (Wildman–Crippen MR) is 60.5 cm³/mol. The number of amides is 1. The summed E-state index contributed by atoms with van der Waals surface area (Å²) in [6.45, 7) is 3.71. The van der Waals surface area contributed by atoms with Gasteiger partial charge < -0.3 is 14.7 Å². The second-order valence-electron chi connectivity index (χ2n) is 5.04. The number of rotatable bonds is 2. The molecular formula is C12H19NO4. The maximum Gasteiger partial charge on any atom is 0.311 e. The van der Waals surface area contributed by atoms with Gasteiger partial charge in [-0.05, 0) is 25.2 Å². The largest absolute Gasteiger partial charge is 0.481 e. The van der Waals surface area contributed by atoms with Gasteiger partial charge in [0.1, 0.15) is 0 Å². The molecule has 2 fully saturated rings. The average molecular weight is 241 g/mol. The van der Waals surface area contributed by atoms with Crippen LogP contribution in [0.4, 0.5) is 0 Å². The molecule has 0 aromatic carbocycles. The van der Waals surface area contributed by atoms with E-state index in [9.17, 15) is 14.7 Å². The fraction of sp³-hybridized carbons (Fsp3) is 0.833. The van der Waals surface area contributed by atoms with Crippen molar-refractivity contribution in [3.63, 3.8) is 0 Å². The van der Waals surface area contributed by atoms with Gasteiger partial charge >= 0.3 is 5.97 Å². The van der Waals surface area contributed by atoms with E-state index in [1.165, 1.54) is 6.92 Å². The highest BCUT2D eigenvalue weighted by atomic mass is 16.5. The van der Waals surface area contributed by atoms with E-state index in [0.717, 1.165) is 12.8 Å². The number of carboxylic acids is 1. The Morgan fingerprint density at radius 3 is 2.47 bits per heavy atom. The van der Waals surface area contributed by atoms with Gasteiger partial charge in [-0.3, -0.25) is 9.59 Å². The van der Waals surface area contributed by atoms with E-state index in [4.69, 9.17) is 4.74 Å². The second-order valence-corrected chi connectivity index (χ2v) is 5.04. The molecule has 2 aliphatic heterocycles. The van der Waals surface area contributed by atoms with E-state index in [0.29, 0.717) is 32.7 Å². The normalized spacial score (nSPS) is 30.5. The van der Waals surface area contributed by atoms with Crippen LogP contribution < -0.4 is 0 Å². The van der Waals surface area contributed by atoms with Crippen LogP contribution in [0.15, 0.2) is 0 Å². The molecule has 0 bridgehead atoms. The minimum absolute atomic E-state index is 0.0276. The van der Waals surface area contributed by atoms with E-state index < -0.39 is 11.4 Å². The molecule has 2 heterocycles. The van der Waals surface area contributed by atoms with Crippen molar-refractivity contribution < 1.29 is 19.4 Å². The first kappa shape index (κ1) is 12.4. The van der Waals surface area contributed by atoms with E-state index >= 15 is 0 Å². The highest BCUT2D eigenvalue weighted by Crippen LogP contribution is 2.43.